The maximum atomic E-state index is 5.59. The lowest BCUT2D eigenvalue weighted by molar-refractivity contribution is 0.0831. The van der Waals surface area contributed by atoms with E-state index in [1.807, 2.05) is 0 Å². The van der Waals surface area contributed by atoms with E-state index in [1.54, 1.807) is 0 Å². The summed E-state index contributed by atoms with van der Waals surface area (Å²) in [5, 5.41) is 0. The highest BCUT2D eigenvalue weighted by atomic mass is 15.3. The van der Waals surface area contributed by atoms with Crippen LogP contribution in [0.25, 0.3) is 0 Å². The summed E-state index contributed by atoms with van der Waals surface area (Å²) in [4.78, 5) is 5.15. The van der Waals surface area contributed by atoms with Gasteiger partial charge in [-0.1, -0.05) is 0 Å². The second kappa shape index (κ2) is 4.60. The molecule has 1 atom stereocenters. The molecule has 2 aliphatic rings. The van der Waals surface area contributed by atoms with Crippen molar-refractivity contribution in [2.75, 3.05) is 39.3 Å². The Morgan fingerprint density at radius 3 is 2.64 bits per heavy atom. The van der Waals surface area contributed by atoms with Crippen LogP contribution in [0.1, 0.15) is 19.8 Å². The summed E-state index contributed by atoms with van der Waals surface area (Å²) in [5.74, 6) is 1.03. The van der Waals surface area contributed by atoms with Crippen LogP contribution in [0.2, 0.25) is 0 Å². The molecule has 82 valence electrons. The smallest absolute Gasteiger partial charge is 0.0195 e. The van der Waals surface area contributed by atoms with Crippen molar-refractivity contribution in [2.24, 2.45) is 11.7 Å². The molecule has 3 heteroatoms. The van der Waals surface area contributed by atoms with Gasteiger partial charge in [0.15, 0.2) is 0 Å². The molecule has 0 aromatic heterocycles. The molecule has 0 bridgehead atoms. The molecule has 1 saturated heterocycles. The summed E-state index contributed by atoms with van der Waals surface area (Å²) in [7, 11) is 0. The van der Waals surface area contributed by atoms with E-state index < -0.39 is 0 Å². The van der Waals surface area contributed by atoms with E-state index in [0.717, 1.165) is 19.0 Å². The molecule has 1 heterocycles. The highest BCUT2D eigenvalue weighted by Gasteiger charge is 2.28. The minimum Gasteiger partial charge on any atom is -0.329 e. The summed E-state index contributed by atoms with van der Waals surface area (Å²) >= 11 is 0. The molecule has 2 fully saturated rings. The second-order valence-electron chi connectivity index (χ2n) is 4.88. The fourth-order valence-electron chi connectivity index (χ4n) is 2.40. The van der Waals surface area contributed by atoms with E-state index in [1.165, 1.54) is 39.0 Å². The van der Waals surface area contributed by atoms with Crippen LogP contribution in [-0.4, -0.2) is 55.1 Å². The topological polar surface area (TPSA) is 32.5 Å². The van der Waals surface area contributed by atoms with E-state index in [4.69, 9.17) is 5.73 Å². The summed E-state index contributed by atoms with van der Waals surface area (Å²) < 4.78 is 0. The van der Waals surface area contributed by atoms with Gasteiger partial charge in [-0.3, -0.25) is 4.90 Å². The first-order valence-corrected chi connectivity index (χ1v) is 5.96. The average molecular weight is 197 g/mol. The molecule has 14 heavy (non-hydrogen) atoms. The van der Waals surface area contributed by atoms with Gasteiger partial charge in [0.2, 0.25) is 0 Å². The van der Waals surface area contributed by atoms with Crippen molar-refractivity contribution in [2.45, 2.75) is 25.8 Å². The predicted octanol–water partition coefficient (Wildman–Crippen LogP) is 0.361. The molecule has 3 nitrogen and oxygen atoms in total. The van der Waals surface area contributed by atoms with Gasteiger partial charge < -0.3 is 10.6 Å². The molecule has 1 unspecified atom stereocenters. The lowest BCUT2D eigenvalue weighted by atomic mass is 10.2. The third kappa shape index (κ3) is 2.69. The first kappa shape index (κ1) is 10.4. The summed E-state index contributed by atoms with van der Waals surface area (Å²) in [6.07, 6.45) is 2.94. The molecule has 1 aliphatic carbocycles. The maximum Gasteiger partial charge on any atom is 0.0195 e. The van der Waals surface area contributed by atoms with Crippen LogP contribution >= 0.6 is 0 Å². The zero-order valence-corrected chi connectivity index (χ0v) is 9.28. The number of hydrogen-bond acceptors (Lipinski definition) is 3. The molecule has 1 aliphatic heterocycles. The Hall–Kier alpha value is -0.120. The molecule has 2 rings (SSSR count). The van der Waals surface area contributed by atoms with Gasteiger partial charge in [0.25, 0.3) is 0 Å². The molecular weight excluding hydrogens is 174 g/mol. The molecular formula is C11H23N3. The van der Waals surface area contributed by atoms with Gasteiger partial charge in [-0.2, -0.15) is 0 Å². The Kier molecular flexibility index (Phi) is 3.42. The van der Waals surface area contributed by atoms with Gasteiger partial charge in [0, 0.05) is 45.3 Å². The van der Waals surface area contributed by atoms with Crippen LogP contribution in [0.4, 0.5) is 0 Å². The van der Waals surface area contributed by atoms with Gasteiger partial charge in [0.05, 0.1) is 0 Å². The monoisotopic (exact) mass is 197 g/mol. The van der Waals surface area contributed by atoms with Crippen molar-refractivity contribution in [3.63, 3.8) is 0 Å². The van der Waals surface area contributed by atoms with Crippen LogP contribution in [0.3, 0.4) is 0 Å². The van der Waals surface area contributed by atoms with Crippen molar-refractivity contribution in [1.29, 1.82) is 0 Å². The van der Waals surface area contributed by atoms with Crippen molar-refractivity contribution in [3.8, 4) is 0 Å². The zero-order valence-electron chi connectivity index (χ0n) is 9.28. The Bertz CT molecular complexity index is 179. The Labute approximate surface area is 87.2 Å². The van der Waals surface area contributed by atoms with Crippen LogP contribution in [0.5, 0.6) is 0 Å². The quantitative estimate of drug-likeness (QED) is 0.706. The normalized spacial score (nSPS) is 30.9. The average Bonchev–Trinajstić information content (AvgIpc) is 2.94. The summed E-state index contributed by atoms with van der Waals surface area (Å²) in [6.45, 7) is 9.25. The van der Waals surface area contributed by atoms with E-state index in [0.29, 0.717) is 6.04 Å². The fraction of sp³-hybridized carbons (Fsp3) is 1.00. The number of rotatable bonds is 4. The SMILES string of the molecule is CC1CN(CC2CC2)CCN1CCN. The van der Waals surface area contributed by atoms with Crippen LogP contribution in [0.15, 0.2) is 0 Å². The minimum absolute atomic E-state index is 0.700. The van der Waals surface area contributed by atoms with Crippen LogP contribution in [0, 0.1) is 5.92 Å². The largest absolute Gasteiger partial charge is 0.329 e. The number of nitrogens with two attached hydrogens (primary N) is 1. The third-order valence-electron chi connectivity index (χ3n) is 3.48. The molecule has 0 spiro atoms. The van der Waals surface area contributed by atoms with Crippen molar-refractivity contribution in [1.82, 2.24) is 9.80 Å². The molecule has 0 aromatic rings. The molecule has 2 N–H and O–H groups in total. The first-order valence-electron chi connectivity index (χ1n) is 5.96. The van der Waals surface area contributed by atoms with Crippen LogP contribution in [-0.2, 0) is 0 Å². The standard InChI is InChI=1S/C11H23N3/c1-10-8-13(9-11-2-3-11)6-7-14(10)5-4-12/h10-11H,2-9,12H2,1H3. The van der Waals surface area contributed by atoms with Crippen LogP contribution < -0.4 is 5.73 Å². The number of nitrogens with zero attached hydrogens (tertiary/aromatic N) is 2. The number of piperazine rings is 1. The summed E-state index contributed by atoms with van der Waals surface area (Å²) in [6, 6.07) is 0.700. The highest BCUT2D eigenvalue weighted by Crippen LogP contribution is 2.30. The van der Waals surface area contributed by atoms with Crippen molar-refractivity contribution >= 4 is 0 Å². The first-order chi connectivity index (χ1) is 6.79. The van der Waals surface area contributed by atoms with Gasteiger partial charge in [-0.05, 0) is 25.7 Å². The lowest BCUT2D eigenvalue weighted by Gasteiger charge is -2.39. The van der Waals surface area contributed by atoms with Gasteiger partial charge >= 0.3 is 0 Å². The maximum absolute atomic E-state index is 5.59. The molecule has 1 saturated carbocycles. The highest BCUT2D eigenvalue weighted by molar-refractivity contribution is 4.83. The van der Waals surface area contributed by atoms with Crippen molar-refractivity contribution in [3.05, 3.63) is 0 Å². The third-order valence-corrected chi connectivity index (χ3v) is 3.48. The van der Waals surface area contributed by atoms with Crippen molar-refractivity contribution < 1.29 is 0 Å². The predicted molar refractivity (Wildman–Crippen MR) is 59.3 cm³/mol. The molecule has 0 amide bonds. The van der Waals surface area contributed by atoms with E-state index in [-0.39, 0.29) is 0 Å². The van der Waals surface area contributed by atoms with Gasteiger partial charge in [-0.15, -0.1) is 0 Å². The van der Waals surface area contributed by atoms with E-state index in [9.17, 15) is 0 Å². The lowest BCUT2D eigenvalue weighted by Crippen LogP contribution is -2.53. The fourth-order valence-corrected chi connectivity index (χ4v) is 2.40. The second-order valence-corrected chi connectivity index (χ2v) is 4.88. The Morgan fingerprint density at radius 2 is 2.07 bits per heavy atom. The summed E-state index contributed by atoms with van der Waals surface area (Å²) in [5.41, 5.74) is 5.59. The van der Waals surface area contributed by atoms with E-state index in [2.05, 4.69) is 16.7 Å². The van der Waals surface area contributed by atoms with E-state index >= 15 is 0 Å². The minimum atomic E-state index is 0.700. The Morgan fingerprint density at radius 1 is 1.29 bits per heavy atom. The number of hydrogen-bond donors (Lipinski definition) is 1. The molecule has 0 aromatic carbocycles. The van der Waals surface area contributed by atoms with Gasteiger partial charge in [-0.25, -0.2) is 0 Å². The van der Waals surface area contributed by atoms with Gasteiger partial charge in [0.1, 0.15) is 0 Å². The molecule has 0 radical (unpaired) electrons. The Balaban J connectivity index is 1.73. The zero-order chi connectivity index (χ0) is 9.97.